The van der Waals surface area contributed by atoms with Gasteiger partial charge in [-0.05, 0) is 30.7 Å². The van der Waals surface area contributed by atoms with Gasteiger partial charge in [-0.1, -0.05) is 19.4 Å². The molecule has 1 N–H and O–H groups in total. The fraction of sp³-hybridized carbons (Fsp3) is 0.500. The molecule has 0 bridgehead atoms. The molecule has 1 atom stereocenters. The Balaban J connectivity index is 1.48. The Hall–Kier alpha value is -3.21. The third kappa shape index (κ3) is 4.63. The fourth-order valence-electron chi connectivity index (χ4n) is 4.11. The maximum atomic E-state index is 12.8. The van der Waals surface area contributed by atoms with E-state index in [-0.39, 0.29) is 23.7 Å². The quantitative estimate of drug-likeness (QED) is 0.523. The molecule has 1 amide bonds. The van der Waals surface area contributed by atoms with Crippen molar-refractivity contribution in [1.29, 1.82) is 0 Å². The first-order chi connectivity index (χ1) is 15.9. The van der Waals surface area contributed by atoms with Crippen molar-refractivity contribution in [2.45, 2.75) is 45.8 Å². The normalized spacial score (nSPS) is 16.3. The minimum Gasteiger partial charge on any atom is -0.457 e. The topological polar surface area (TPSA) is 119 Å². The Bertz CT molecular complexity index is 1270. The summed E-state index contributed by atoms with van der Waals surface area (Å²) in [6.45, 7) is 3.26. The van der Waals surface area contributed by atoms with Crippen LogP contribution < -0.4 is 11.2 Å². The van der Waals surface area contributed by atoms with Crippen molar-refractivity contribution in [3.8, 4) is 0 Å². The number of thiophene rings is 1. The molecule has 11 heteroatoms. The van der Waals surface area contributed by atoms with Crippen molar-refractivity contribution in [1.82, 2.24) is 24.0 Å². The number of hydrogen-bond acceptors (Lipinski definition) is 7. The van der Waals surface area contributed by atoms with E-state index in [1.165, 1.54) is 15.9 Å². The molecule has 10 nitrogen and oxygen atoms in total. The van der Waals surface area contributed by atoms with Crippen molar-refractivity contribution in [2.75, 3.05) is 13.1 Å². The molecule has 1 aliphatic rings. The first-order valence-electron chi connectivity index (χ1n) is 11.1. The van der Waals surface area contributed by atoms with E-state index in [0.717, 1.165) is 19.3 Å². The Kier molecular flexibility index (Phi) is 6.77. The summed E-state index contributed by atoms with van der Waals surface area (Å²) in [5.74, 6) is -0.504. The van der Waals surface area contributed by atoms with Crippen molar-refractivity contribution in [3.05, 3.63) is 49.1 Å². The molecule has 4 rings (SSSR count). The van der Waals surface area contributed by atoms with Gasteiger partial charge in [0.1, 0.15) is 12.4 Å². The van der Waals surface area contributed by atoms with Gasteiger partial charge in [0.2, 0.25) is 0 Å². The molecular formula is C22H27N5O5S. The van der Waals surface area contributed by atoms with Crippen molar-refractivity contribution < 1.29 is 14.3 Å². The molecular weight excluding hydrogens is 446 g/mol. The second-order valence-corrected chi connectivity index (χ2v) is 9.15. The summed E-state index contributed by atoms with van der Waals surface area (Å²) in [6, 6.07) is 3.61. The number of amides is 1. The highest BCUT2D eigenvalue weighted by Gasteiger charge is 2.30. The van der Waals surface area contributed by atoms with Gasteiger partial charge < -0.3 is 14.2 Å². The number of nitrogens with one attached hydrogen (secondary N) is 1. The van der Waals surface area contributed by atoms with Crippen molar-refractivity contribution in [2.24, 2.45) is 13.0 Å². The fourth-order valence-corrected chi connectivity index (χ4v) is 4.80. The molecule has 1 unspecified atom stereocenters. The number of esters is 1. The van der Waals surface area contributed by atoms with Gasteiger partial charge in [0.05, 0.1) is 10.8 Å². The molecule has 0 spiro atoms. The van der Waals surface area contributed by atoms with Crippen LogP contribution >= 0.6 is 11.3 Å². The maximum absolute atomic E-state index is 12.8. The third-order valence-corrected chi connectivity index (χ3v) is 6.82. The van der Waals surface area contributed by atoms with Gasteiger partial charge in [0.25, 0.3) is 11.5 Å². The second-order valence-electron chi connectivity index (χ2n) is 8.20. The van der Waals surface area contributed by atoms with Gasteiger partial charge in [-0.3, -0.25) is 23.9 Å². The van der Waals surface area contributed by atoms with Crippen LogP contribution in [0, 0.1) is 5.92 Å². The number of likely N-dealkylation sites (tertiary alicyclic amines) is 1. The van der Waals surface area contributed by atoms with Gasteiger partial charge in [0, 0.05) is 26.7 Å². The summed E-state index contributed by atoms with van der Waals surface area (Å²) in [5, 5.41) is 1.85. The standard InChI is InChI=1S/C22H27N5O5S/c1-3-4-10-27-18-17(19(28)24-22(27)31)25(2)16(23-18)13-32-21(30)14-7-5-9-26(12-14)20(29)15-8-6-11-33-15/h6,8,11,14H,3-5,7,9-10,12-13H2,1-2H3,(H,24,28,31). The van der Waals surface area contributed by atoms with Crippen LogP contribution in [0.3, 0.4) is 0 Å². The van der Waals surface area contributed by atoms with Crippen molar-refractivity contribution >= 4 is 34.4 Å². The maximum Gasteiger partial charge on any atom is 0.330 e. The molecule has 0 radical (unpaired) electrons. The molecule has 0 aliphatic carbocycles. The van der Waals surface area contributed by atoms with E-state index in [4.69, 9.17) is 4.74 Å². The monoisotopic (exact) mass is 473 g/mol. The molecule has 1 fully saturated rings. The van der Waals surface area contributed by atoms with Crippen LogP contribution in [0.25, 0.3) is 11.2 Å². The average Bonchev–Trinajstić information content (AvgIpc) is 3.45. The van der Waals surface area contributed by atoms with Gasteiger partial charge >= 0.3 is 11.7 Å². The summed E-state index contributed by atoms with van der Waals surface area (Å²) in [5.41, 5.74) is -0.469. The number of rotatable bonds is 7. The number of carbonyl (C=O) groups is 2. The van der Waals surface area contributed by atoms with Crippen LogP contribution in [0.15, 0.2) is 27.1 Å². The lowest BCUT2D eigenvalue weighted by Gasteiger charge is -2.31. The number of imidazole rings is 1. The Morgan fingerprint density at radius 2 is 2.15 bits per heavy atom. The zero-order valence-corrected chi connectivity index (χ0v) is 19.5. The van der Waals surface area contributed by atoms with Crippen LogP contribution in [-0.4, -0.2) is 49.0 Å². The van der Waals surface area contributed by atoms with Crippen molar-refractivity contribution in [3.63, 3.8) is 0 Å². The highest BCUT2D eigenvalue weighted by Crippen LogP contribution is 2.22. The predicted octanol–water partition coefficient (Wildman–Crippen LogP) is 1.88. The van der Waals surface area contributed by atoms with Gasteiger partial charge in [-0.2, -0.15) is 0 Å². The van der Waals surface area contributed by atoms with Crippen LogP contribution in [0.2, 0.25) is 0 Å². The molecule has 3 aromatic heterocycles. The summed E-state index contributed by atoms with van der Waals surface area (Å²) >= 11 is 1.38. The molecule has 0 saturated carbocycles. The Morgan fingerprint density at radius 1 is 1.33 bits per heavy atom. The first-order valence-corrected chi connectivity index (χ1v) is 12.0. The van der Waals surface area contributed by atoms with E-state index in [2.05, 4.69) is 9.97 Å². The summed E-state index contributed by atoms with van der Waals surface area (Å²) in [7, 11) is 1.66. The van der Waals surface area contributed by atoms with Crippen LogP contribution in [-0.2, 0) is 29.7 Å². The minimum atomic E-state index is -0.523. The lowest BCUT2D eigenvalue weighted by atomic mass is 9.98. The zero-order valence-electron chi connectivity index (χ0n) is 18.7. The average molecular weight is 474 g/mol. The highest BCUT2D eigenvalue weighted by molar-refractivity contribution is 7.12. The van der Waals surface area contributed by atoms with E-state index in [1.807, 2.05) is 18.4 Å². The summed E-state index contributed by atoms with van der Waals surface area (Å²) in [4.78, 5) is 59.2. The Morgan fingerprint density at radius 3 is 2.88 bits per heavy atom. The molecule has 3 aromatic rings. The molecule has 0 aromatic carbocycles. The van der Waals surface area contributed by atoms with E-state index < -0.39 is 23.1 Å². The lowest BCUT2D eigenvalue weighted by Crippen LogP contribution is -2.42. The predicted molar refractivity (Wildman–Crippen MR) is 123 cm³/mol. The number of nitrogens with zero attached hydrogens (tertiary/aromatic N) is 4. The van der Waals surface area contributed by atoms with Crippen LogP contribution in [0.1, 0.15) is 48.1 Å². The number of aryl methyl sites for hydroxylation is 2. The number of piperidine rings is 1. The zero-order chi connectivity index (χ0) is 23.5. The smallest absolute Gasteiger partial charge is 0.330 e. The summed E-state index contributed by atoms with van der Waals surface area (Å²) < 4.78 is 8.53. The van der Waals surface area contributed by atoms with Gasteiger partial charge in [0.15, 0.2) is 11.2 Å². The number of aromatic amines is 1. The van der Waals surface area contributed by atoms with E-state index in [9.17, 15) is 19.2 Å². The number of aromatic nitrogens is 4. The minimum absolute atomic E-state index is 0.0675. The SMILES string of the molecule is CCCCn1c(=O)[nH]c(=O)c2c1nc(COC(=O)C1CCCN(C(=O)c3cccs3)C1)n2C. The van der Waals surface area contributed by atoms with Gasteiger partial charge in [-0.25, -0.2) is 9.78 Å². The molecule has 1 saturated heterocycles. The molecule has 4 heterocycles. The Labute approximate surface area is 193 Å². The van der Waals surface area contributed by atoms with E-state index in [0.29, 0.717) is 36.8 Å². The molecule has 176 valence electrons. The van der Waals surface area contributed by atoms with E-state index in [1.54, 1.807) is 22.6 Å². The highest BCUT2D eigenvalue weighted by atomic mass is 32.1. The molecule has 33 heavy (non-hydrogen) atoms. The number of fused-ring (bicyclic) bond motifs is 1. The third-order valence-electron chi connectivity index (χ3n) is 5.96. The number of hydrogen-bond donors (Lipinski definition) is 1. The number of H-pyrrole nitrogens is 1. The van der Waals surface area contributed by atoms with E-state index >= 15 is 0 Å². The number of ether oxygens (including phenoxy) is 1. The van der Waals surface area contributed by atoms with Crippen LogP contribution in [0.4, 0.5) is 0 Å². The van der Waals surface area contributed by atoms with Gasteiger partial charge in [-0.15, -0.1) is 11.3 Å². The number of carbonyl (C=O) groups excluding carboxylic acids is 2. The number of unbranched alkanes of at least 4 members (excludes halogenated alkanes) is 1. The first kappa shape index (κ1) is 23.0. The largest absolute Gasteiger partial charge is 0.457 e. The summed E-state index contributed by atoms with van der Waals surface area (Å²) in [6.07, 6.45) is 3.02. The second kappa shape index (κ2) is 9.74. The molecule has 1 aliphatic heterocycles. The van der Waals surface area contributed by atoms with Crippen LogP contribution in [0.5, 0.6) is 0 Å². The lowest BCUT2D eigenvalue weighted by molar-refractivity contribution is -0.151.